The van der Waals surface area contributed by atoms with Crippen molar-refractivity contribution in [3.05, 3.63) is 34.8 Å². The molecule has 0 saturated heterocycles. The van der Waals surface area contributed by atoms with Crippen molar-refractivity contribution in [1.29, 1.82) is 0 Å². The molecule has 0 fully saturated rings. The van der Waals surface area contributed by atoms with Gasteiger partial charge < -0.3 is 10.1 Å². The number of azo groups is 1. The number of nitrogens with zero attached hydrogens (tertiary/aromatic N) is 5. The van der Waals surface area contributed by atoms with Crippen LogP contribution in [0.5, 0.6) is 5.88 Å². The third-order valence-corrected chi connectivity index (χ3v) is 2.81. The van der Waals surface area contributed by atoms with Crippen LogP contribution < -0.4 is 0 Å². The predicted molar refractivity (Wildman–Crippen MR) is 74.0 cm³/mol. The van der Waals surface area contributed by atoms with E-state index in [9.17, 15) is 5.11 Å². The van der Waals surface area contributed by atoms with Crippen molar-refractivity contribution >= 4 is 45.7 Å². The van der Waals surface area contributed by atoms with Crippen LogP contribution in [0.3, 0.4) is 0 Å². The Balaban J connectivity index is 2.04. The van der Waals surface area contributed by atoms with Crippen LogP contribution in [0.25, 0.3) is 10.9 Å². The van der Waals surface area contributed by atoms with Crippen molar-refractivity contribution in [2.75, 3.05) is 0 Å². The molecule has 0 atom stereocenters. The molecule has 100 valence electrons. The SMILES string of the molecule is Oc1[nH]c2ccccc2c1N=Nc1nc(Cl)nc(Cl)n1. The van der Waals surface area contributed by atoms with Gasteiger partial charge in [-0.2, -0.15) is 15.0 Å². The molecule has 0 spiro atoms. The topological polar surface area (TPSA) is 99.4 Å². The van der Waals surface area contributed by atoms with E-state index in [4.69, 9.17) is 23.2 Å². The van der Waals surface area contributed by atoms with Gasteiger partial charge in [-0.3, -0.25) is 0 Å². The highest BCUT2D eigenvalue weighted by atomic mass is 35.5. The second kappa shape index (κ2) is 5.03. The lowest BCUT2D eigenvalue weighted by Crippen LogP contribution is -1.87. The van der Waals surface area contributed by atoms with E-state index >= 15 is 0 Å². The third kappa shape index (κ3) is 2.40. The van der Waals surface area contributed by atoms with Gasteiger partial charge in [-0.1, -0.05) is 18.2 Å². The highest BCUT2D eigenvalue weighted by Gasteiger charge is 2.10. The second-order valence-corrected chi connectivity index (χ2v) is 4.42. The number of aromatic nitrogens is 4. The van der Waals surface area contributed by atoms with Gasteiger partial charge in [-0.15, -0.1) is 10.2 Å². The molecule has 0 bridgehead atoms. The summed E-state index contributed by atoms with van der Waals surface area (Å²) in [6.07, 6.45) is 0. The zero-order valence-corrected chi connectivity index (χ0v) is 11.3. The fourth-order valence-corrected chi connectivity index (χ4v) is 2.02. The van der Waals surface area contributed by atoms with Crippen LogP contribution in [-0.4, -0.2) is 25.0 Å². The van der Waals surface area contributed by atoms with E-state index in [2.05, 4.69) is 30.2 Å². The van der Waals surface area contributed by atoms with Crippen molar-refractivity contribution in [2.45, 2.75) is 0 Å². The molecule has 0 saturated carbocycles. The van der Waals surface area contributed by atoms with Crippen molar-refractivity contribution in [3.63, 3.8) is 0 Å². The van der Waals surface area contributed by atoms with Gasteiger partial charge in [0.2, 0.25) is 16.4 Å². The maximum atomic E-state index is 9.81. The molecule has 2 heterocycles. The number of para-hydroxylation sites is 1. The van der Waals surface area contributed by atoms with E-state index < -0.39 is 0 Å². The zero-order valence-electron chi connectivity index (χ0n) is 9.75. The number of hydrogen-bond donors (Lipinski definition) is 2. The van der Waals surface area contributed by atoms with Crippen LogP contribution in [0.4, 0.5) is 11.6 Å². The molecule has 7 nitrogen and oxygen atoms in total. The van der Waals surface area contributed by atoms with Gasteiger partial charge in [0, 0.05) is 5.39 Å². The molecule has 2 N–H and O–H groups in total. The summed E-state index contributed by atoms with van der Waals surface area (Å²) in [6, 6.07) is 7.27. The monoisotopic (exact) mass is 308 g/mol. The Morgan fingerprint density at radius 2 is 1.70 bits per heavy atom. The number of rotatable bonds is 2. The molecule has 1 aromatic carbocycles. The zero-order chi connectivity index (χ0) is 14.1. The summed E-state index contributed by atoms with van der Waals surface area (Å²) in [7, 11) is 0. The summed E-state index contributed by atoms with van der Waals surface area (Å²) in [6.45, 7) is 0. The second-order valence-electron chi connectivity index (χ2n) is 3.74. The summed E-state index contributed by atoms with van der Waals surface area (Å²) in [5, 5.41) is 18.1. The van der Waals surface area contributed by atoms with Crippen molar-refractivity contribution in [2.24, 2.45) is 10.2 Å². The number of aromatic amines is 1. The average Bonchev–Trinajstić information content (AvgIpc) is 2.71. The maximum Gasteiger partial charge on any atom is 0.274 e. The number of benzene rings is 1. The maximum absolute atomic E-state index is 9.81. The van der Waals surface area contributed by atoms with Gasteiger partial charge >= 0.3 is 0 Å². The quantitative estimate of drug-likeness (QED) is 0.703. The minimum atomic E-state index is -0.0961. The molecule has 0 amide bonds. The first-order valence-electron chi connectivity index (χ1n) is 5.42. The molecule has 3 rings (SSSR count). The molecule has 0 aliphatic carbocycles. The Labute approximate surface area is 122 Å². The lowest BCUT2D eigenvalue weighted by molar-refractivity contribution is 0.459. The lowest BCUT2D eigenvalue weighted by Gasteiger charge is -1.93. The van der Waals surface area contributed by atoms with E-state index in [1.807, 2.05) is 18.2 Å². The Morgan fingerprint density at radius 1 is 1.00 bits per heavy atom. The Kier molecular flexibility index (Phi) is 3.21. The third-order valence-electron chi connectivity index (χ3n) is 2.47. The summed E-state index contributed by atoms with van der Waals surface area (Å²) in [5.74, 6) is -0.138. The van der Waals surface area contributed by atoms with Crippen LogP contribution in [0.15, 0.2) is 34.5 Å². The molecule has 0 radical (unpaired) electrons. The van der Waals surface area contributed by atoms with Gasteiger partial charge in [-0.05, 0) is 29.3 Å². The smallest absolute Gasteiger partial charge is 0.274 e. The normalized spacial score (nSPS) is 11.5. The van der Waals surface area contributed by atoms with Gasteiger partial charge in [0.15, 0.2) is 5.69 Å². The van der Waals surface area contributed by atoms with Gasteiger partial charge in [0.1, 0.15) is 0 Å². The number of H-pyrrole nitrogens is 1. The minimum Gasteiger partial charge on any atom is -0.493 e. The average molecular weight is 309 g/mol. The van der Waals surface area contributed by atoms with Crippen molar-refractivity contribution < 1.29 is 5.11 Å². The molecule has 0 aliphatic rings. The summed E-state index contributed by atoms with van der Waals surface area (Å²) >= 11 is 11.3. The highest BCUT2D eigenvalue weighted by molar-refractivity contribution is 6.31. The van der Waals surface area contributed by atoms with Gasteiger partial charge in [0.05, 0.1) is 5.52 Å². The lowest BCUT2D eigenvalue weighted by atomic mass is 10.2. The number of aromatic hydroxyl groups is 1. The van der Waals surface area contributed by atoms with Crippen molar-refractivity contribution in [1.82, 2.24) is 19.9 Å². The first-order chi connectivity index (χ1) is 9.63. The predicted octanol–water partition coefficient (Wildman–Crippen LogP) is 3.78. The fraction of sp³-hybridized carbons (Fsp3) is 0. The summed E-state index contributed by atoms with van der Waals surface area (Å²) < 4.78 is 0. The molecule has 2 aromatic heterocycles. The molecule has 9 heteroatoms. The Bertz CT molecular complexity index is 796. The Hall–Kier alpha value is -2.25. The first-order valence-corrected chi connectivity index (χ1v) is 6.17. The van der Waals surface area contributed by atoms with E-state index in [1.165, 1.54) is 0 Å². The standard InChI is InChI=1S/C11H6Cl2N6O/c12-9-15-10(13)17-11(16-9)19-18-7-5-3-1-2-4-6(5)14-8(7)20/h1-4,14,20H. The van der Waals surface area contributed by atoms with E-state index in [0.717, 1.165) is 10.9 Å². The van der Waals surface area contributed by atoms with Crippen LogP contribution in [0, 0.1) is 0 Å². The minimum absolute atomic E-state index is 0.0420. The molecule has 0 aliphatic heterocycles. The molecule has 0 unspecified atom stereocenters. The van der Waals surface area contributed by atoms with E-state index in [1.54, 1.807) is 6.07 Å². The Morgan fingerprint density at radius 3 is 2.45 bits per heavy atom. The van der Waals surface area contributed by atoms with Crippen LogP contribution in [0.1, 0.15) is 0 Å². The summed E-state index contributed by atoms with van der Waals surface area (Å²) in [5.41, 5.74) is 1.03. The molecular formula is C11H6Cl2N6O. The molecule has 3 aromatic rings. The van der Waals surface area contributed by atoms with E-state index in [0.29, 0.717) is 0 Å². The van der Waals surface area contributed by atoms with E-state index in [-0.39, 0.29) is 28.1 Å². The first kappa shape index (κ1) is 12.8. The highest BCUT2D eigenvalue weighted by Crippen LogP contribution is 2.35. The molecular weight excluding hydrogens is 303 g/mol. The number of nitrogens with one attached hydrogen (secondary N) is 1. The van der Waals surface area contributed by atoms with Crippen LogP contribution >= 0.6 is 23.2 Å². The largest absolute Gasteiger partial charge is 0.493 e. The number of halogens is 2. The number of fused-ring (bicyclic) bond motifs is 1. The fourth-order valence-electron chi connectivity index (χ4n) is 1.67. The van der Waals surface area contributed by atoms with Gasteiger partial charge in [0.25, 0.3) is 5.95 Å². The summed E-state index contributed by atoms with van der Waals surface area (Å²) in [4.78, 5) is 13.9. The van der Waals surface area contributed by atoms with Gasteiger partial charge in [-0.25, -0.2) is 0 Å². The van der Waals surface area contributed by atoms with Crippen LogP contribution in [-0.2, 0) is 0 Å². The van der Waals surface area contributed by atoms with Crippen molar-refractivity contribution in [3.8, 4) is 5.88 Å². The number of hydrogen-bond acceptors (Lipinski definition) is 6. The molecule has 20 heavy (non-hydrogen) atoms. The van der Waals surface area contributed by atoms with Crippen LogP contribution in [0.2, 0.25) is 10.6 Å².